The Morgan fingerprint density at radius 1 is 1.03 bits per heavy atom. The van der Waals surface area contributed by atoms with E-state index >= 15 is 0 Å². The highest BCUT2D eigenvalue weighted by atomic mass is 35.5. The summed E-state index contributed by atoms with van der Waals surface area (Å²) in [6.45, 7) is 4.92. The van der Waals surface area contributed by atoms with Gasteiger partial charge in [0.15, 0.2) is 5.75 Å². The number of ether oxygens (including phenoxy) is 1. The molecule has 2 aromatic rings. The molecular weight excluding hydrogens is 413 g/mol. The maximum Gasteiger partial charge on any atom is 0.255 e. The fourth-order valence-electron chi connectivity index (χ4n) is 3.28. The van der Waals surface area contributed by atoms with Crippen LogP contribution in [-0.2, 0) is 4.79 Å². The quantitative estimate of drug-likeness (QED) is 0.759. The summed E-state index contributed by atoms with van der Waals surface area (Å²) in [6, 6.07) is 10.7. The Morgan fingerprint density at radius 3 is 2.14 bits per heavy atom. The van der Waals surface area contributed by atoms with Crippen LogP contribution in [0.4, 0.5) is 11.4 Å². The second-order valence-electron chi connectivity index (χ2n) is 6.70. The van der Waals surface area contributed by atoms with Crippen LogP contribution < -0.4 is 15.0 Å². The molecule has 0 bridgehead atoms. The average molecular weight is 436 g/mol. The highest BCUT2D eigenvalue weighted by Crippen LogP contribution is 2.34. The van der Waals surface area contributed by atoms with Crippen LogP contribution in [0.5, 0.6) is 5.75 Å². The van der Waals surface area contributed by atoms with Crippen molar-refractivity contribution < 1.29 is 14.3 Å². The van der Waals surface area contributed by atoms with Crippen molar-refractivity contribution in [3.8, 4) is 5.75 Å². The minimum atomic E-state index is -0.309. The molecule has 0 spiro atoms. The van der Waals surface area contributed by atoms with E-state index in [0.29, 0.717) is 23.4 Å². The van der Waals surface area contributed by atoms with Crippen molar-refractivity contribution in [1.29, 1.82) is 0 Å². The number of nitrogens with one attached hydrogen (secondary N) is 1. The number of rotatable bonds is 5. The molecule has 0 aliphatic carbocycles. The molecule has 6 nitrogen and oxygen atoms in total. The third-order valence-electron chi connectivity index (χ3n) is 4.89. The first-order valence-electron chi connectivity index (χ1n) is 9.40. The maximum absolute atomic E-state index is 12.5. The lowest BCUT2D eigenvalue weighted by molar-refractivity contribution is -0.131. The van der Waals surface area contributed by atoms with E-state index in [0.717, 1.165) is 31.9 Å². The molecule has 0 atom stereocenters. The van der Waals surface area contributed by atoms with Crippen LogP contribution in [0.15, 0.2) is 36.4 Å². The summed E-state index contributed by atoms with van der Waals surface area (Å²) < 4.78 is 5.10. The maximum atomic E-state index is 12.5. The molecular formula is C21H23Cl2N3O3. The molecule has 29 heavy (non-hydrogen) atoms. The van der Waals surface area contributed by atoms with Gasteiger partial charge in [0, 0.05) is 49.5 Å². The Morgan fingerprint density at radius 2 is 1.62 bits per heavy atom. The van der Waals surface area contributed by atoms with Crippen LogP contribution in [0.2, 0.25) is 10.0 Å². The predicted octanol–water partition coefficient (Wildman–Crippen LogP) is 4.31. The molecule has 8 heteroatoms. The number of methoxy groups -OCH3 is 1. The Bertz CT molecular complexity index is 872. The van der Waals surface area contributed by atoms with Gasteiger partial charge in [0.2, 0.25) is 5.91 Å². The highest BCUT2D eigenvalue weighted by Gasteiger charge is 2.20. The van der Waals surface area contributed by atoms with Crippen molar-refractivity contribution in [1.82, 2.24) is 4.90 Å². The fourth-order valence-corrected chi connectivity index (χ4v) is 3.92. The number of hydrogen-bond donors (Lipinski definition) is 1. The SMILES string of the molecule is CCC(=O)N1CCN(c2ccc(NC(=O)c3cc(Cl)c(OC)c(Cl)c3)cc2)CC1. The van der Waals surface area contributed by atoms with Gasteiger partial charge in [0.05, 0.1) is 17.2 Å². The van der Waals surface area contributed by atoms with Gasteiger partial charge in [-0.25, -0.2) is 0 Å². The minimum Gasteiger partial charge on any atom is -0.494 e. The van der Waals surface area contributed by atoms with Crippen molar-refractivity contribution in [3.63, 3.8) is 0 Å². The lowest BCUT2D eigenvalue weighted by Gasteiger charge is -2.36. The second kappa shape index (κ2) is 9.37. The zero-order valence-corrected chi connectivity index (χ0v) is 17.9. The number of piperazine rings is 1. The van der Waals surface area contributed by atoms with Crippen molar-refractivity contribution in [2.75, 3.05) is 43.5 Å². The number of halogens is 2. The van der Waals surface area contributed by atoms with Crippen molar-refractivity contribution in [2.24, 2.45) is 0 Å². The Labute approximate surface area is 180 Å². The van der Waals surface area contributed by atoms with E-state index in [1.54, 1.807) is 0 Å². The fraction of sp³-hybridized carbons (Fsp3) is 0.333. The number of benzene rings is 2. The lowest BCUT2D eigenvalue weighted by atomic mass is 10.2. The molecule has 2 amide bonds. The third kappa shape index (κ3) is 4.95. The van der Waals surface area contributed by atoms with Gasteiger partial charge in [-0.3, -0.25) is 9.59 Å². The summed E-state index contributed by atoms with van der Waals surface area (Å²) >= 11 is 12.2. The molecule has 0 aromatic heterocycles. The van der Waals surface area contributed by atoms with Crippen molar-refractivity contribution >= 4 is 46.4 Å². The van der Waals surface area contributed by atoms with Gasteiger partial charge in [-0.15, -0.1) is 0 Å². The number of anilines is 2. The molecule has 154 valence electrons. The predicted molar refractivity (Wildman–Crippen MR) is 116 cm³/mol. The summed E-state index contributed by atoms with van der Waals surface area (Å²) in [6.07, 6.45) is 0.541. The van der Waals surface area contributed by atoms with E-state index in [1.807, 2.05) is 36.1 Å². The average Bonchev–Trinajstić information content (AvgIpc) is 2.73. The second-order valence-corrected chi connectivity index (χ2v) is 7.51. The van der Waals surface area contributed by atoms with Gasteiger partial charge < -0.3 is 19.9 Å². The summed E-state index contributed by atoms with van der Waals surface area (Å²) in [5, 5.41) is 3.40. The van der Waals surface area contributed by atoms with Gasteiger partial charge in [-0.1, -0.05) is 30.1 Å². The smallest absolute Gasteiger partial charge is 0.255 e. The number of amides is 2. The third-order valence-corrected chi connectivity index (χ3v) is 5.45. The van der Waals surface area contributed by atoms with Crippen LogP contribution in [0, 0.1) is 0 Å². The number of hydrogen-bond acceptors (Lipinski definition) is 4. The van der Waals surface area contributed by atoms with Crippen LogP contribution >= 0.6 is 23.2 Å². The van der Waals surface area contributed by atoms with Crippen LogP contribution in [0.3, 0.4) is 0 Å². The van der Waals surface area contributed by atoms with E-state index in [-0.39, 0.29) is 21.9 Å². The van der Waals surface area contributed by atoms with Crippen molar-refractivity contribution in [2.45, 2.75) is 13.3 Å². The molecule has 1 aliphatic heterocycles. The molecule has 3 rings (SSSR count). The lowest BCUT2D eigenvalue weighted by Crippen LogP contribution is -2.48. The molecule has 0 unspecified atom stereocenters. The summed E-state index contributed by atoms with van der Waals surface area (Å²) in [7, 11) is 1.47. The van der Waals surface area contributed by atoms with Crippen LogP contribution in [-0.4, -0.2) is 50.0 Å². The van der Waals surface area contributed by atoms with Gasteiger partial charge in [-0.2, -0.15) is 0 Å². The van der Waals surface area contributed by atoms with E-state index in [4.69, 9.17) is 27.9 Å². The normalized spacial score (nSPS) is 13.9. The molecule has 1 heterocycles. The van der Waals surface area contributed by atoms with Gasteiger partial charge >= 0.3 is 0 Å². The first-order chi connectivity index (χ1) is 13.9. The molecule has 0 radical (unpaired) electrons. The largest absolute Gasteiger partial charge is 0.494 e. The van der Waals surface area contributed by atoms with E-state index in [1.165, 1.54) is 19.2 Å². The number of carbonyl (C=O) groups is 2. The first kappa shape index (κ1) is 21.3. The summed E-state index contributed by atoms with van der Waals surface area (Å²) in [5.41, 5.74) is 2.07. The molecule has 2 aromatic carbocycles. The molecule has 0 saturated carbocycles. The van der Waals surface area contributed by atoms with Gasteiger partial charge in [0.1, 0.15) is 0 Å². The topological polar surface area (TPSA) is 61.9 Å². The zero-order valence-electron chi connectivity index (χ0n) is 16.4. The summed E-state index contributed by atoms with van der Waals surface area (Å²) in [5.74, 6) is 0.229. The number of carbonyl (C=O) groups excluding carboxylic acids is 2. The Kier molecular flexibility index (Phi) is 6.87. The molecule has 1 N–H and O–H groups in total. The van der Waals surface area contributed by atoms with E-state index < -0.39 is 0 Å². The van der Waals surface area contributed by atoms with Crippen LogP contribution in [0.1, 0.15) is 23.7 Å². The molecule has 1 saturated heterocycles. The minimum absolute atomic E-state index is 0.196. The standard InChI is InChI=1S/C21H23Cl2N3O3/c1-3-19(27)26-10-8-25(9-11-26)16-6-4-15(5-7-16)24-21(28)14-12-17(22)20(29-2)18(23)13-14/h4-7,12-13H,3,8-11H2,1-2H3,(H,24,28). The van der Waals surface area contributed by atoms with Gasteiger partial charge in [0.25, 0.3) is 5.91 Å². The first-order valence-corrected chi connectivity index (χ1v) is 10.2. The Balaban J connectivity index is 1.62. The summed E-state index contributed by atoms with van der Waals surface area (Å²) in [4.78, 5) is 28.4. The van der Waals surface area contributed by atoms with Crippen molar-refractivity contribution in [3.05, 3.63) is 52.0 Å². The number of nitrogens with zero attached hydrogens (tertiary/aromatic N) is 2. The zero-order chi connectivity index (χ0) is 21.0. The van der Waals surface area contributed by atoms with Gasteiger partial charge in [-0.05, 0) is 36.4 Å². The van der Waals surface area contributed by atoms with E-state index in [9.17, 15) is 9.59 Å². The monoisotopic (exact) mass is 435 g/mol. The van der Waals surface area contributed by atoms with Crippen LogP contribution in [0.25, 0.3) is 0 Å². The Hall–Kier alpha value is -2.44. The molecule has 1 aliphatic rings. The molecule has 1 fully saturated rings. The highest BCUT2D eigenvalue weighted by molar-refractivity contribution is 6.37. The van der Waals surface area contributed by atoms with E-state index in [2.05, 4.69) is 10.2 Å².